The van der Waals surface area contributed by atoms with Crippen LogP contribution in [0.5, 0.6) is 5.75 Å². The number of carboxylic acids is 1. The number of aromatic nitrogens is 1. The highest BCUT2D eigenvalue weighted by Crippen LogP contribution is 2.47. The molecule has 3 saturated heterocycles. The second-order valence-electron chi connectivity index (χ2n) is 8.92. The fraction of sp³-hybridized carbons (Fsp3) is 0.435. The number of carbonyl (C=O) groups is 2. The van der Waals surface area contributed by atoms with Gasteiger partial charge in [0.25, 0.3) is 5.91 Å². The fourth-order valence-corrected chi connectivity index (χ4v) is 7.14. The van der Waals surface area contributed by atoms with Gasteiger partial charge in [-0.3, -0.25) is 9.78 Å². The number of halogens is 3. The molecule has 0 saturated carbocycles. The topological polar surface area (TPSA) is 126 Å². The third-order valence-electron chi connectivity index (χ3n) is 6.47. The van der Waals surface area contributed by atoms with Gasteiger partial charge in [-0.15, -0.1) is 0 Å². The molecule has 5 rings (SSSR count). The molecule has 0 radical (unpaired) electrons. The molecule has 10 nitrogen and oxygen atoms in total. The summed E-state index contributed by atoms with van der Waals surface area (Å²) in [4.78, 5) is 27.6. The molecule has 1 aromatic carbocycles. The summed E-state index contributed by atoms with van der Waals surface area (Å²) >= 11 is 0. The molecule has 3 aliphatic heterocycles. The van der Waals surface area contributed by atoms with Crippen molar-refractivity contribution in [3.05, 3.63) is 59.9 Å². The van der Waals surface area contributed by atoms with Gasteiger partial charge in [0.2, 0.25) is 10.0 Å². The van der Waals surface area contributed by atoms with E-state index in [1.165, 1.54) is 10.5 Å². The molecule has 0 aliphatic carbocycles. The summed E-state index contributed by atoms with van der Waals surface area (Å²) in [5.41, 5.74) is 0.501. The van der Waals surface area contributed by atoms with Gasteiger partial charge in [-0.1, -0.05) is 12.1 Å². The monoisotopic (exact) mass is 543 g/mol. The maximum Gasteiger partial charge on any atom is 0.490 e. The van der Waals surface area contributed by atoms with Crippen LogP contribution in [0.25, 0.3) is 0 Å². The van der Waals surface area contributed by atoms with Crippen LogP contribution in [-0.2, 0) is 26.1 Å². The Morgan fingerprint density at radius 1 is 1.22 bits per heavy atom. The van der Waals surface area contributed by atoms with Crippen LogP contribution >= 0.6 is 0 Å². The number of alkyl halides is 3. The van der Waals surface area contributed by atoms with Crippen LogP contribution in [-0.4, -0.2) is 89.5 Å². The Kier molecular flexibility index (Phi) is 7.18. The largest absolute Gasteiger partial charge is 0.497 e. The predicted octanol–water partition coefficient (Wildman–Crippen LogP) is 1.92. The van der Waals surface area contributed by atoms with Crippen LogP contribution < -0.4 is 4.74 Å². The average molecular weight is 544 g/mol. The van der Waals surface area contributed by atoms with Crippen molar-refractivity contribution in [3.63, 3.8) is 0 Å². The number of morpholine rings is 1. The summed E-state index contributed by atoms with van der Waals surface area (Å²) in [6.07, 6.45) is -1.77. The van der Waals surface area contributed by atoms with Crippen molar-refractivity contribution in [1.29, 1.82) is 0 Å². The van der Waals surface area contributed by atoms with Gasteiger partial charge in [-0.2, -0.15) is 17.5 Å². The highest BCUT2D eigenvalue weighted by atomic mass is 32.2. The molecule has 0 unspecified atom stereocenters. The zero-order valence-corrected chi connectivity index (χ0v) is 20.4. The lowest BCUT2D eigenvalue weighted by atomic mass is 9.99. The molecule has 2 aromatic rings. The minimum atomic E-state index is -5.08. The molecule has 3 aliphatic rings. The Morgan fingerprint density at radius 3 is 2.46 bits per heavy atom. The van der Waals surface area contributed by atoms with E-state index >= 15 is 0 Å². The molecule has 37 heavy (non-hydrogen) atoms. The van der Waals surface area contributed by atoms with Crippen LogP contribution in [0.15, 0.2) is 48.8 Å². The van der Waals surface area contributed by atoms with E-state index in [-0.39, 0.29) is 31.6 Å². The van der Waals surface area contributed by atoms with Gasteiger partial charge in [0.15, 0.2) is 0 Å². The molecule has 1 aromatic heterocycles. The van der Waals surface area contributed by atoms with Crippen LogP contribution in [0.2, 0.25) is 0 Å². The van der Waals surface area contributed by atoms with Crippen molar-refractivity contribution in [2.24, 2.45) is 0 Å². The molecule has 200 valence electrons. The summed E-state index contributed by atoms with van der Waals surface area (Å²) in [5, 5.41) is 6.50. The molecule has 2 bridgehead atoms. The van der Waals surface area contributed by atoms with Gasteiger partial charge in [0.1, 0.15) is 16.6 Å². The first kappa shape index (κ1) is 26.8. The molecular weight excluding hydrogens is 519 g/mol. The van der Waals surface area contributed by atoms with Crippen LogP contribution in [0.1, 0.15) is 22.3 Å². The first-order valence-corrected chi connectivity index (χ1v) is 12.7. The Morgan fingerprint density at radius 2 is 1.89 bits per heavy atom. The third-order valence-corrected chi connectivity index (χ3v) is 8.79. The lowest BCUT2D eigenvalue weighted by molar-refractivity contribution is -0.192. The van der Waals surface area contributed by atoms with Gasteiger partial charge >= 0.3 is 12.1 Å². The Balaban J connectivity index is 0.000000405. The molecule has 1 amide bonds. The Labute approximate surface area is 210 Å². The maximum atomic E-state index is 13.3. The van der Waals surface area contributed by atoms with E-state index in [4.69, 9.17) is 19.4 Å². The standard InChI is InChI=1S/C21H23N3O5S.C2HF3O2/c1-28-17-6-4-15(5-7-17)11-24-14-21-13-23(20(25)16-3-2-8-22-10-16)12-18(29-21)9-19(21)30(24,26)27;3-2(4,5)1(6)7/h2-8,10,18-19H,9,11-14H2,1H3;(H,6,7)/t18-,19+,21+;/m1./s1. The number of methoxy groups -OCH3 is 1. The number of amides is 1. The number of fused-ring (bicyclic) bond motifs is 1. The van der Waals surface area contributed by atoms with Gasteiger partial charge in [-0.05, 0) is 36.2 Å². The second kappa shape index (κ2) is 9.91. The number of sulfonamides is 1. The van der Waals surface area contributed by atoms with E-state index in [1.807, 2.05) is 24.3 Å². The van der Waals surface area contributed by atoms with Gasteiger partial charge in [0.05, 0.1) is 25.3 Å². The number of nitrogens with zero attached hydrogens (tertiary/aromatic N) is 3. The van der Waals surface area contributed by atoms with E-state index in [0.29, 0.717) is 18.5 Å². The summed E-state index contributed by atoms with van der Waals surface area (Å²) in [7, 11) is -1.94. The first-order chi connectivity index (χ1) is 17.4. The normalized spacial score (nSPS) is 26.1. The van der Waals surface area contributed by atoms with Gasteiger partial charge in [-0.25, -0.2) is 13.2 Å². The number of carbonyl (C=O) groups excluding carboxylic acids is 1. The minimum Gasteiger partial charge on any atom is -0.497 e. The SMILES string of the molecule is COc1ccc(CN2C[C@@]34CN(C(=O)c5cccnc5)C[C@@H](C[C@@H]3S2(=O)=O)O4)cc1.O=C(O)C(F)(F)F. The van der Waals surface area contributed by atoms with Crippen LogP contribution in [0.4, 0.5) is 13.2 Å². The fourth-order valence-electron chi connectivity index (χ4n) is 4.85. The van der Waals surface area contributed by atoms with Crippen molar-refractivity contribution in [3.8, 4) is 5.75 Å². The zero-order valence-electron chi connectivity index (χ0n) is 19.6. The van der Waals surface area contributed by atoms with Crippen molar-refractivity contribution >= 4 is 21.9 Å². The zero-order chi connectivity index (χ0) is 27.0. The highest BCUT2D eigenvalue weighted by molar-refractivity contribution is 7.90. The van der Waals surface area contributed by atoms with E-state index in [0.717, 1.165) is 11.3 Å². The van der Waals surface area contributed by atoms with Crippen molar-refractivity contribution in [2.45, 2.75) is 36.1 Å². The number of carboxylic acid groups (broad SMARTS) is 1. The number of hydrogen-bond donors (Lipinski definition) is 1. The van der Waals surface area contributed by atoms with E-state index < -0.39 is 33.0 Å². The Hall–Kier alpha value is -3.23. The lowest BCUT2D eigenvalue weighted by Crippen LogP contribution is -2.56. The molecule has 3 fully saturated rings. The lowest BCUT2D eigenvalue weighted by Gasteiger charge is -2.39. The summed E-state index contributed by atoms with van der Waals surface area (Å²) in [6.45, 7) is 1.19. The number of pyridine rings is 1. The second-order valence-corrected chi connectivity index (χ2v) is 11.0. The first-order valence-electron chi connectivity index (χ1n) is 11.1. The minimum absolute atomic E-state index is 0.137. The summed E-state index contributed by atoms with van der Waals surface area (Å²) in [6, 6.07) is 10.8. The molecule has 14 heteroatoms. The molecule has 1 spiro atoms. The Bertz CT molecular complexity index is 1260. The summed E-state index contributed by atoms with van der Waals surface area (Å²) < 4.78 is 71.2. The predicted molar refractivity (Wildman–Crippen MR) is 122 cm³/mol. The number of likely N-dealkylation sites (tertiary alicyclic amines) is 1. The smallest absolute Gasteiger partial charge is 0.490 e. The van der Waals surface area contributed by atoms with Crippen LogP contribution in [0.3, 0.4) is 0 Å². The van der Waals surface area contributed by atoms with E-state index in [9.17, 15) is 26.4 Å². The average Bonchev–Trinajstić information content (AvgIpc) is 3.23. The number of ether oxygens (including phenoxy) is 2. The maximum absolute atomic E-state index is 13.3. The molecular formula is C23H24F3N3O7S. The number of hydrogen-bond acceptors (Lipinski definition) is 7. The third kappa shape index (κ3) is 5.40. The number of benzene rings is 1. The van der Waals surface area contributed by atoms with Crippen molar-refractivity contribution < 1.29 is 45.8 Å². The molecule has 3 atom stereocenters. The number of aliphatic carboxylic acids is 1. The quantitative estimate of drug-likeness (QED) is 0.620. The molecule has 4 heterocycles. The van der Waals surface area contributed by atoms with Gasteiger partial charge < -0.3 is 19.5 Å². The highest BCUT2D eigenvalue weighted by Gasteiger charge is 2.65. The molecule has 1 N–H and O–H groups in total. The van der Waals surface area contributed by atoms with E-state index in [1.54, 1.807) is 30.3 Å². The van der Waals surface area contributed by atoms with Gasteiger partial charge in [0, 0.05) is 32.0 Å². The number of rotatable bonds is 4. The van der Waals surface area contributed by atoms with E-state index in [2.05, 4.69) is 4.98 Å². The van der Waals surface area contributed by atoms with Crippen molar-refractivity contribution in [1.82, 2.24) is 14.2 Å². The van der Waals surface area contributed by atoms with Crippen LogP contribution in [0, 0.1) is 0 Å². The summed E-state index contributed by atoms with van der Waals surface area (Å²) in [5.74, 6) is -2.17. The van der Waals surface area contributed by atoms with Crippen molar-refractivity contribution in [2.75, 3.05) is 26.7 Å².